The number of nitrogens with one attached hydrogen (secondary N) is 2. The lowest BCUT2D eigenvalue weighted by Crippen LogP contribution is -2.45. The first-order valence-electron chi connectivity index (χ1n) is 9.22. The number of benzene rings is 2. The average molecular weight is 479 g/mol. The van der Waals surface area contributed by atoms with E-state index < -0.39 is 23.4 Å². The van der Waals surface area contributed by atoms with Gasteiger partial charge < -0.3 is 10.6 Å². The number of carbonyl (C=O) groups is 3. The summed E-state index contributed by atoms with van der Waals surface area (Å²) in [5.41, 5.74) is 0.357. The van der Waals surface area contributed by atoms with Gasteiger partial charge in [0.05, 0.1) is 6.04 Å². The minimum Gasteiger partial charge on any atom is -0.348 e. The van der Waals surface area contributed by atoms with Crippen LogP contribution >= 0.6 is 27.5 Å². The van der Waals surface area contributed by atoms with Gasteiger partial charge in [-0.25, -0.2) is 4.79 Å². The molecule has 152 valence electrons. The zero-order valence-electron chi connectivity index (χ0n) is 16.0. The van der Waals surface area contributed by atoms with Crippen LogP contribution in [0.4, 0.5) is 4.79 Å². The van der Waals surface area contributed by atoms with Crippen LogP contribution in [0.25, 0.3) is 0 Å². The first-order chi connectivity index (χ1) is 13.8. The third-order valence-corrected chi connectivity index (χ3v) is 5.87. The van der Waals surface area contributed by atoms with E-state index in [4.69, 9.17) is 11.6 Å². The molecule has 1 aliphatic heterocycles. The van der Waals surface area contributed by atoms with Gasteiger partial charge in [0.1, 0.15) is 12.1 Å². The van der Waals surface area contributed by atoms with Crippen molar-refractivity contribution < 1.29 is 14.4 Å². The van der Waals surface area contributed by atoms with Crippen LogP contribution in [-0.4, -0.2) is 29.3 Å². The summed E-state index contributed by atoms with van der Waals surface area (Å²) in [5, 5.41) is 6.13. The highest BCUT2D eigenvalue weighted by Gasteiger charge is 2.51. The second-order valence-electron chi connectivity index (χ2n) is 6.93. The van der Waals surface area contributed by atoms with Gasteiger partial charge in [0.25, 0.3) is 5.91 Å². The Kier molecular flexibility index (Phi) is 6.29. The minimum absolute atomic E-state index is 0.261. The first kappa shape index (κ1) is 21.3. The molecule has 0 spiro atoms. The van der Waals surface area contributed by atoms with Crippen LogP contribution in [0.1, 0.15) is 37.4 Å². The van der Waals surface area contributed by atoms with Crippen LogP contribution in [0.5, 0.6) is 0 Å². The molecule has 29 heavy (non-hydrogen) atoms. The molecule has 0 bridgehead atoms. The maximum Gasteiger partial charge on any atom is 0.325 e. The fraction of sp³-hybridized carbons (Fsp3) is 0.286. The molecule has 2 aromatic rings. The van der Waals surface area contributed by atoms with Crippen molar-refractivity contribution in [1.82, 2.24) is 15.5 Å². The monoisotopic (exact) mass is 477 g/mol. The van der Waals surface area contributed by atoms with Crippen LogP contribution in [0, 0.1) is 0 Å². The summed E-state index contributed by atoms with van der Waals surface area (Å²) in [6.45, 7) is 3.31. The van der Waals surface area contributed by atoms with Crippen molar-refractivity contribution in [2.24, 2.45) is 0 Å². The molecule has 3 rings (SSSR count). The lowest BCUT2D eigenvalue weighted by molar-refractivity contribution is -0.135. The highest BCUT2D eigenvalue weighted by molar-refractivity contribution is 9.10. The predicted octanol–water partition coefficient (Wildman–Crippen LogP) is 4.14. The van der Waals surface area contributed by atoms with E-state index in [9.17, 15) is 14.4 Å². The molecule has 1 saturated heterocycles. The van der Waals surface area contributed by atoms with E-state index in [0.717, 1.165) is 14.9 Å². The second-order valence-corrected chi connectivity index (χ2v) is 8.28. The SMILES string of the molecule is CCC1(c2ccc(Cl)cc2)NC(=O)N(CC(=O)NC(C)c2ccc(Br)cc2)C1=O. The van der Waals surface area contributed by atoms with Gasteiger partial charge in [-0.3, -0.25) is 14.5 Å². The van der Waals surface area contributed by atoms with E-state index in [-0.39, 0.29) is 12.6 Å². The molecule has 2 atom stereocenters. The molecule has 0 aliphatic carbocycles. The smallest absolute Gasteiger partial charge is 0.325 e. The van der Waals surface area contributed by atoms with Crippen LogP contribution in [0.3, 0.4) is 0 Å². The normalized spacial score (nSPS) is 19.8. The summed E-state index contributed by atoms with van der Waals surface area (Å²) in [7, 11) is 0. The third-order valence-electron chi connectivity index (χ3n) is 5.09. The van der Waals surface area contributed by atoms with E-state index in [0.29, 0.717) is 17.0 Å². The minimum atomic E-state index is -1.20. The number of halogens is 2. The molecule has 8 heteroatoms. The molecule has 2 aromatic carbocycles. The highest BCUT2D eigenvalue weighted by atomic mass is 79.9. The van der Waals surface area contributed by atoms with Gasteiger partial charge in [-0.1, -0.05) is 58.7 Å². The number of imide groups is 1. The van der Waals surface area contributed by atoms with Gasteiger partial charge in [0, 0.05) is 9.50 Å². The molecule has 0 aromatic heterocycles. The Labute approximate surface area is 182 Å². The van der Waals surface area contributed by atoms with E-state index >= 15 is 0 Å². The van der Waals surface area contributed by atoms with E-state index in [2.05, 4.69) is 26.6 Å². The fourth-order valence-electron chi connectivity index (χ4n) is 3.41. The van der Waals surface area contributed by atoms with Crippen LogP contribution in [-0.2, 0) is 15.1 Å². The zero-order valence-corrected chi connectivity index (χ0v) is 18.4. The van der Waals surface area contributed by atoms with E-state index in [1.165, 1.54) is 0 Å². The van der Waals surface area contributed by atoms with E-state index in [1.54, 1.807) is 24.3 Å². The Hall–Kier alpha value is -2.38. The van der Waals surface area contributed by atoms with Gasteiger partial charge in [-0.2, -0.15) is 0 Å². The summed E-state index contributed by atoms with van der Waals surface area (Å²) in [6, 6.07) is 13.5. The average Bonchev–Trinajstić information content (AvgIpc) is 2.94. The third kappa shape index (κ3) is 4.31. The highest BCUT2D eigenvalue weighted by Crippen LogP contribution is 2.33. The van der Waals surface area contributed by atoms with Gasteiger partial charge in [-0.05, 0) is 48.7 Å². The molecule has 0 radical (unpaired) electrons. The standard InChI is InChI=1S/C21H21BrClN3O3/c1-3-21(15-6-10-17(23)11-7-15)19(28)26(20(29)25-21)12-18(27)24-13(2)14-4-8-16(22)9-5-14/h4-11,13H,3,12H2,1-2H3,(H,24,27)(H,25,29). The van der Waals surface area contributed by atoms with Gasteiger partial charge in [0.2, 0.25) is 5.91 Å². The van der Waals surface area contributed by atoms with Crippen molar-refractivity contribution in [2.75, 3.05) is 6.54 Å². The number of hydrogen-bond donors (Lipinski definition) is 2. The maximum absolute atomic E-state index is 13.1. The van der Waals surface area contributed by atoms with Crippen LogP contribution in [0.2, 0.25) is 5.02 Å². The van der Waals surface area contributed by atoms with Crippen LogP contribution in [0.15, 0.2) is 53.0 Å². The Balaban J connectivity index is 1.73. The Bertz CT molecular complexity index is 933. The summed E-state index contributed by atoms with van der Waals surface area (Å²) < 4.78 is 0.942. The van der Waals surface area contributed by atoms with Gasteiger partial charge >= 0.3 is 6.03 Å². The number of hydrogen-bond acceptors (Lipinski definition) is 3. The maximum atomic E-state index is 13.1. The predicted molar refractivity (Wildman–Crippen MR) is 114 cm³/mol. The summed E-state index contributed by atoms with van der Waals surface area (Å²) >= 11 is 9.31. The van der Waals surface area contributed by atoms with Crippen LogP contribution < -0.4 is 10.6 Å². The van der Waals surface area contributed by atoms with Gasteiger partial charge in [-0.15, -0.1) is 0 Å². The Morgan fingerprint density at radius 2 is 1.79 bits per heavy atom. The van der Waals surface area contributed by atoms with Crippen molar-refractivity contribution >= 4 is 45.4 Å². The topological polar surface area (TPSA) is 78.5 Å². The summed E-state index contributed by atoms with van der Waals surface area (Å²) in [6.07, 6.45) is 0.354. The first-order valence-corrected chi connectivity index (χ1v) is 10.4. The van der Waals surface area contributed by atoms with E-state index in [1.807, 2.05) is 38.1 Å². The number of nitrogens with zero attached hydrogens (tertiary/aromatic N) is 1. The number of carbonyl (C=O) groups excluding carboxylic acids is 3. The molecule has 0 saturated carbocycles. The molecule has 1 heterocycles. The number of urea groups is 1. The lowest BCUT2D eigenvalue weighted by Gasteiger charge is -2.26. The lowest BCUT2D eigenvalue weighted by atomic mass is 9.87. The van der Waals surface area contributed by atoms with Crippen molar-refractivity contribution in [3.8, 4) is 0 Å². The molecule has 1 fully saturated rings. The Morgan fingerprint density at radius 1 is 1.17 bits per heavy atom. The largest absolute Gasteiger partial charge is 0.348 e. The zero-order chi connectivity index (χ0) is 21.2. The second kappa shape index (κ2) is 8.55. The molecule has 1 aliphatic rings. The molecular formula is C21H21BrClN3O3. The summed E-state index contributed by atoms with van der Waals surface area (Å²) in [5.74, 6) is -0.856. The van der Waals surface area contributed by atoms with Crippen molar-refractivity contribution in [1.29, 1.82) is 0 Å². The molecular weight excluding hydrogens is 458 g/mol. The fourth-order valence-corrected chi connectivity index (χ4v) is 3.80. The van der Waals surface area contributed by atoms with Crippen molar-refractivity contribution in [2.45, 2.75) is 31.8 Å². The molecule has 6 nitrogen and oxygen atoms in total. The summed E-state index contributed by atoms with van der Waals surface area (Å²) in [4.78, 5) is 39.1. The van der Waals surface area contributed by atoms with Gasteiger partial charge in [0.15, 0.2) is 0 Å². The Morgan fingerprint density at radius 3 is 2.38 bits per heavy atom. The number of amides is 4. The molecule has 2 unspecified atom stereocenters. The van der Waals surface area contributed by atoms with Crippen molar-refractivity contribution in [3.63, 3.8) is 0 Å². The number of rotatable bonds is 6. The quantitative estimate of drug-likeness (QED) is 0.613. The van der Waals surface area contributed by atoms with Crippen molar-refractivity contribution in [3.05, 3.63) is 69.2 Å². The molecule has 2 N–H and O–H groups in total. The molecule has 4 amide bonds.